The second-order valence-corrected chi connectivity index (χ2v) is 10.5. The van der Waals surface area contributed by atoms with Crippen molar-refractivity contribution in [3.05, 3.63) is 59.7 Å². The van der Waals surface area contributed by atoms with Gasteiger partial charge in [0.1, 0.15) is 29.0 Å². The van der Waals surface area contributed by atoms with Gasteiger partial charge < -0.3 is 19.9 Å². The highest BCUT2D eigenvalue weighted by atomic mass is 32.2. The molecule has 0 heterocycles. The fourth-order valence-electron chi connectivity index (χ4n) is 3.30. The van der Waals surface area contributed by atoms with Gasteiger partial charge in [-0.3, -0.25) is 0 Å². The van der Waals surface area contributed by atoms with E-state index in [1.807, 2.05) is 76.2 Å². The number of anilines is 1. The van der Waals surface area contributed by atoms with E-state index in [2.05, 4.69) is 12.1 Å². The molecule has 0 fully saturated rings. The van der Waals surface area contributed by atoms with E-state index in [0.717, 1.165) is 28.4 Å². The molecule has 0 amide bonds. The number of benzene rings is 3. The van der Waals surface area contributed by atoms with Gasteiger partial charge in [0, 0.05) is 15.5 Å². The lowest BCUT2D eigenvalue weighted by molar-refractivity contribution is 0.200. The third-order valence-electron chi connectivity index (χ3n) is 5.74. The molecule has 2 atom stereocenters. The van der Waals surface area contributed by atoms with Crippen LogP contribution >= 0.6 is 23.5 Å². The van der Waals surface area contributed by atoms with Gasteiger partial charge in [0.2, 0.25) is 0 Å². The Kier molecular flexibility index (Phi) is 10.0. The molecular weight excluding hydrogens is 502 g/mol. The first kappa shape index (κ1) is 28.1. The van der Waals surface area contributed by atoms with E-state index in [0.29, 0.717) is 27.0 Å². The molecule has 2 N–H and O–H groups in total. The summed E-state index contributed by atoms with van der Waals surface area (Å²) < 4.78 is 18.0. The standard InChI is InChI=1S/C29H31N3O3S2/c1-6-18(3)34-26-22(16-30)23(17-31)27(35-19(4)7-2)29(37-25-11-9-8-10-24(25)32)28(26)36-21-14-12-20(33-5)13-15-21/h8-15,18-19H,6-7,32H2,1-5H3. The molecular formula is C29H31N3O3S2. The molecule has 3 rings (SSSR count). The summed E-state index contributed by atoms with van der Waals surface area (Å²) in [6.07, 6.45) is 1.12. The van der Waals surface area contributed by atoms with Crippen LogP contribution in [0, 0.1) is 22.7 Å². The third-order valence-corrected chi connectivity index (χ3v) is 8.16. The maximum Gasteiger partial charge on any atom is 0.154 e. The number of ether oxygens (including phenoxy) is 3. The predicted octanol–water partition coefficient (Wildman–Crippen LogP) is 7.68. The first-order valence-electron chi connectivity index (χ1n) is 12.1. The fourth-order valence-corrected chi connectivity index (χ4v) is 5.46. The van der Waals surface area contributed by atoms with Crippen LogP contribution < -0.4 is 19.9 Å². The summed E-state index contributed by atoms with van der Waals surface area (Å²) in [6.45, 7) is 7.91. The Morgan fingerprint density at radius 2 is 1.32 bits per heavy atom. The zero-order valence-electron chi connectivity index (χ0n) is 21.7. The molecule has 0 aliphatic rings. The van der Waals surface area contributed by atoms with Crippen molar-refractivity contribution in [3.63, 3.8) is 0 Å². The van der Waals surface area contributed by atoms with E-state index < -0.39 is 0 Å². The number of nitrogens with two attached hydrogens (primary N) is 1. The van der Waals surface area contributed by atoms with Gasteiger partial charge in [0.15, 0.2) is 11.5 Å². The largest absolute Gasteiger partial charge is 0.497 e. The van der Waals surface area contributed by atoms with Crippen LogP contribution in [0.15, 0.2) is 68.1 Å². The Morgan fingerprint density at radius 1 is 0.811 bits per heavy atom. The minimum atomic E-state index is -0.175. The van der Waals surface area contributed by atoms with Crippen molar-refractivity contribution in [1.29, 1.82) is 10.5 Å². The van der Waals surface area contributed by atoms with Crippen LogP contribution in [0.25, 0.3) is 0 Å². The van der Waals surface area contributed by atoms with E-state index in [1.54, 1.807) is 7.11 Å². The monoisotopic (exact) mass is 533 g/mol. The Bertz CT molecular complexity index is 1310. The molecule has 192 valence electrons. The molecule has 0 aromatic heterocycles. The Labute approximate surface area is 227 Å². The smallest absolute Gasteiger partial charge is 0.154 e. The summed E-state index contributed by atoms with van der Waals surface area (Å²) in [5, 5.41) is 20.4. The van der Waals surface area contributed by atoms with Crippen LogP contribution in [0.1, 0.15) is 51.7 Å². The number of methoxy groups -OCH3 is 1. The first-order chi connectivity index (χ1) is 17.9. The van der Waals surface area contributed by atoms with Gasteiger partial charge in [0.25, 0.3) is 0 Å². The zero-order valence-corrected chi connectivity index (χ0v) is 23.3. The van der Waals surface area contributed by atoms with Crippen molar-refractivity contribution in [2.24, 2.45) is 0 Å². The van der Waals surface area contributed by atoms with Crippen LogP contribution in [0.5, 0.6) is 17.2 Å². The average molecular weight is 534 g/mol. The Morgan fingerprint density at radius 3 is 1.78 bits per heavy atom. The summed E-state index contributed by atoms with van der Waals surface area (Å²) in [6, 6.07) is 19.6. The maximum absolute atomic E-state index is 10.2. The highest BCUT2D eigenvalue weighted by Crippen LogP contribution is 2.53. The molecule has 0 radical (unpaired) electrons. The van der Waals surface area contributed by atoms with Crippen LogP contribution in [0.2, 0.25) is 0 Å². The minimum Gasteiger partial charge on any atom is -0.497 e. The lowest BCUT2D eigenvalue weighted by atomic mass is 10.1. The van der Waals surface area contributed by atoms with Crippen molar-refractivity contribution in [3.8, 4) is 29.4 Å². The zero-order chi connectivity index (χ0) is 26.9. The highest BCUT2D eigenvalue weighted by Gasteiger charge is 2.30. The Balaban J connectivity index is 2.37. The SMILES string of the molecule is CCC(C)Oc1c(C#N)c(C#N)c(OC(C)CC)c(Sc2ccccc2N)c1Sc1ccc(OC)cc1. The molecule has 0 aliphatic heterocycles. The van der Waals surface area contributed by atoms with Gasteiger partial charge in [-0.05, 0) is 63.1 Å². The lowest BCUT2D eigenvalue weighted by Crippen LogP contribution is -2.16. The molecule has 3 aromatic carbocycles. The van der Waals surface area contributed by atoms with Gasteiger partial charge >= 0.3 is 0 Å². The molecule has 0 spiro atoms. The van der Waals surface area contributed by atoms with Crippen molar-refractivity contribution in [2.45, 2.75) is 72.3 Å². The van der Waals surface area contributed by atoms with Crippen molar-refractivity contribution < 1.29 is 14.2 Å². The van der Waals surface area contributed by atoms with E-state index in [1.165, 1.54) is 23.5 Å². The molecule has 3 aromatic rings. The highest BCUT2D eigenvalue weighted by molar-refractivity contribution is 8.02. The maximum atomic E-state index is 10.2. The topological polar surface area (TPSA) is 101 Å². The van der Waals surface area contributed by atoms with Gasteiger partial charge in [-0.15, -0.1) is 0 Å². The number of rotatable bonds is 11. The second kappa shape index (κ2) is 13.2. The summed E-state index contributed by atoms with van der Waals surface area (Å²) in [5.74, 6) is 1.49. The van der Waals surface area contributed by atoms with Crippen molar-refractivity contribution in [1.82, 2.24) is 0 Å². The minimum absolute atomic E-state index is 0.164. The summed E-state index contributed by atoms with van der Waals surface area (Å²) in [4.78, 5) is 3.12. The molecule has 6 nitrogen and oxygen atoms in total. The molecule has 0 saturated carbocycles. The number of para-hydroxylation sites is 1. The van der Waals surface area contributed by atoms with Crippen LogP contribution in [-0.2, 0) is 0 Å². The van der Waals surface area contributed by atoms with Crippen LogP contribution in [0.3, 0.4) is 0 Å². The Hall–Kier alpha value is -3.46. The molecule has 0 saturated heterocycles. The first-order valence-corrected chi connectivity index (χ1v) is 13.7. The summed E-state index contributed by atoms with van der Waals surface area (Å²) in [7, 11) is 1.62. The molecule has 0 aliphatic carbocycles. The molecule has 37 heavy (non-hydrogen) atoms. The quantitative estimate of drug-likeness (QED) is 0.250. The molecule has 0 bridgehead atoms. The lowest BCUT2D eigenvalue weighted by Gasteiger charge is -2.25. The van der Waals surface area contributed by atoms with Crippen LogP contribution in [0.4, 0.5) is 5.69 Å². The summed E-state index contributed by atoms with van der Waals surface area (Å²) >= 11 is 2.86. The number of nitrogen functional groups attached to an aromatic ring is 1. The van der Waals surface area contributed by atoms with E-state index in [9.17, 15) is 10.5 Å². The number of nitrogens with zero attached hydrogens (tertiary/aromatic N) is 2. The van der Waals surface area contributed by atoms with Gasteiger partial charge in [-0.25, -0.2) is 0 Å². The van der Waals surface area contributed by atoms with Gasteiger partial charge in [-0.1, -0.05) is 49.5 Å². The second-order valence-electron chi connectivity index (χ2n) is 8.38. The number of hydrogen-bond donors (Lipinski definition) is 1. The average Bonchev–Trinajstić information content (AvgIpc) is 2.92. The fraction of sp³-hybridized carbons (Fsp3) is 0.310. The molecule has 2 unspecified atom stereocenters. The third kappa shape index (κ3) is 6.65. The van der Waals surface area contributed by atoms with Crippen molar-refractivity contribution in [2.75, 3.05) is 12.8 Å². The number of nitriles is 2. The normalized spacial score (nSPS) is 12.2. The van der Waals surface area contributed by atoms with Crippen molar-refractivity contribution >= 4 is 29.2 Å². The summed E-state index contributed by atoms with van der Waals surface area (Å²) in [5.41, 5.74) is 7.26. The van der Waals surface area contributed by atoms with Gasteiger partial charge in [0.05, 0.1) is 29.1 Å². The predicted molar refractivity (Wildman–Crippen MR) is 149 cm³/mol. The van der Waals surface area contributed by atoms with Crippen LogP contribution in [-0.4, -0.2) is 19.3 Å². The van der Waals surface area contributed by atoms with Gasteiger partial charge in [-0.2, -0.15) is 10.5 Å². The van der Waals surface area contributed by atoms with E-state index >= 15 is 0 Å². The van der Waals surface area contributed by atoms with E-state index in [-0.39, 0.29) is 23.3 Å². The molecule has 8 heteroatoms. The number of hydrogen-bond acceptors (Lipinski definition) is 8. The van der Waals surface area contributed by atoms with E-state index in [4.69, 9.17) is 19.9 Å².